The number of nitrogens with zero attached hydrogens (tertiary/aromatic N) is 3. The summed E-state index contributed by atoms with van der Waals surface area (Å²) in [6.45, 7) is 0. The summed E-state index contributed by atoms with van der Waals surface area (Å²) < 4.78 is 0. The van der Waals surface area contributed by atoms with Gasteiger partial charge in [0, 0.05) is 16.7 Å². The Morgan fingerprint density at radius 1 is 0.236 bits per heavy atom. The average molecular weight is 700 g/mol. The maximum Gasteiger partial charge on any atom is 0.164 e. The average Bonchev–Trinajstić information content (AvgIpc) is 3.52. The number of fused-ring (bicyclic) bond motifs is 12. The molecule has 1 heterocycles. The molecule has 0 fully saturated rings. The smallest absolute Gasteiger partial charge is 0.164 e. The molecule has 0 bridgehead atoms. The minimum absolute atomic E-state index is 0.584. The van der Waals surface area contributed by atoms with Crippen LogP contribution in [0.1, 0.15) is 22.3 Å². The third-order valence-corrected chi connectivity index (χ3v) is 11.4. The summed E-state index contributed by atoms with van der Waals surface area (Å²) in [7, 11) is 0. The van der Waals surface area contributed by atoms with Gasteiger partial charge in [-0.2, -0.15) is 0 Å². The van der Waals surface area contributed by atoms with E-state index in [1.807, 2.05) is 24.3 Å². The van der Waals surface area contributed by atoms with E-state index in [1.165, 1.54) is 55.6 Å². The van der Waals surface area contributed by atoms with E-state index in [1.54, 1.807) is 0 Å². The summed E-state index contributed by atoms with van der Waals surface area (Å²) in [6.07, 6.45) is 0. The van der Waals surface area contributed by atoms with Crippen molar-refractivity contribution in [2.24, 2.45) is 0 Å². The third kappa shape index (κ3) is 4.73. The Kier molecular flexibility index (Phi) is 7.08. The second-order valence-electron chi connectivity index (χ2n) is 14.3. The molecule has 2 aliphatic carbocycles. The normalized spacial score (nSPS) is 12.9. The van der Waals surface area contributed by atoms with Gasteiger partial charge in [-0.25, -0.2) is 15.0 Å². The van der Waals surface area contributed by atoms with Crippen LogP contribution < -0.4 is 0 Å². The highest BCUT2D eigenvalue weighted by atomic mass is 15.0. The summed E-state index contributed by atoms with van der Waals surface area (Å²) in [5.74, 6) is 1.94. The molecule has 1 spiro atoms. The van der Waals surface area contributed by atoms with Gasteiger partial charge in [0.2, 0.25) is 0 Å². The predicted molar refractivity (Wildman–Crippen MR) is 223 cm³/mol. The summed E-state index contributed by atoms with van der Waals surface area (Å²) in [6, 6.07) is 71.7. The van der Waals surface area contributed by atoms with E-state index >= 15 is 0 Å². The largest absolute Gasteiger partial charge is 0.208 e. The van der Waals surface area contributed by atoms with Crippen LogP contribution in [-0.4, -0.2) is 15.0 Å². The molecule has 0 N–H and O–H groups in total. The van der Waals surface area contributed by atoms with E-state index in [2.05, 4.69) is 176 Å². The van der Waals surface area contributed by atoms with Crippen molar-refractivity contribution in [3.05, 3.63) is 222 Å². The molecule has 1 aromatic heterocycles. The van der Waals surface area contributed by atoms with Gasteiger partial charge < -0.3 is 0 Å². The fourth-order valence-corrected chi connectivity index (χ4v) is 9.07. The monoisotopic (exact) mass is 699 g/mol. The quantitative estimate of drug-likeness (QED) is 0.184. The van der Waals surface area contributed by atoms with E-state index < -0.39 is 5.41 Å². The van der Waals surface area contributed by atoms with Crippen LogP contribution in [0.3, 0.4) is 0 Å². The Bertz CT molecular complexity index is 2850. The Labute approximate surface area is 320 Å². The third-order valence-electron chi connectivity index (χ3n) is 11.4. The molecule has 0 amide bonds. The lowest BCUT2D eigenvalue weighted by molar-refractivity contribution is 0.775. The topological polar surface area (TPSA) is 38.7 Å². The Balaban J connectivity index is 1.19. The van der Waals surface area contributed by atoms with E-state index in [0.29, 0.717) is 17.5 Å². The zero-order valence-electron chi connectivity index (χ0n) is 29.9. The minimum Gasteiger partial charge on any atom is -0.208 e. The van der Waals surface area contributed by atoms with Crippen molar-refractivity contribution in [1.29, 1.82) is 0 Å². The standard InChI is InChI=1S/C52H33N3/c1-3-16-34(17-4-1)35-30-32-37(33-31-35)50-53-49(36-18-5-2-6-19-36)54-51(55-50)43-25-15-29-47-48(43)42-24-11-14-28-46(42)52(47)44-26-12-9-22-40(44)38-20-7-8-21-39(38)41-23-10-13-27-45(41)52/h1-33H. The van der Waals surface area contributed by atoms with Crippen LogP contribution in [0, 0.1) is 0 Å². The van der Waals surface area contributed by atoms with Gasteiger partial charge in [-0.1, -0.05) is 200 Å². The first-order chi connectivity index (χ1) is 27.3. The molecule has 0 saturated carbocycles. The van der Waals surface area contributed by atoms with Crippen LogP contribution in [0.15, 0.2) is 200 Å². The number of benzene rings is 8. The second kappa shape index (κ2) is 12.4. The lowest BCUT2D eigenvalue weighted by atomic mass is 9.66. The molecule has 0 unspecified atom stereocenters. The van der Waals surface area contributed by atoms with Crippen LogP contribution in [0.5, 0.6) is 0 Å². The highest BCUT2D eigenvalue weighted by Gasteiger charge is 2.50. The highest BCUT2D eigenvalue weighted by Crippen LogP contribution is 2.62. The van der Waals surface area contributed by atoms with Gasteiger partial charge in [0.05, 0.1) is 5.41 Å². The molecule has 256 valence electrons. The summed E-state index contributed by atoms with van der Waals surface area (Å²) in [5, 5.41) is 0. The SMILES string of the molecule is c1ccc(-c2ccc(-c3nc(-c4ccccc4)nc(-c4cccc5c4-c4ccccc4C54c5ccccc5-c5ccccc5-c5ccccc54)n3)cc2)cc1. The Morgan fingerprint density at radius 3 is 1.18 bits per heavy atom. The van der Waals surface area contributed by atoms with E-state index in [0.717, 1.165) is 27.8 Å². The van der Waals surface area contributed by atoms with Gasteiger partial charge in [0.25, 0.3) is 0 Å². The lowest BCUT2D eigenvalue weighted by Crippen LogP contribution is -2.29. The van der Waals surface area contributed by atoms with Crippen LogP contribution in [0.25, 0.3) is 78.7 Å². The maximum atomic E-state index is 5.30. The Hall–Kier alpha value is -7.23. The predicted octanol–water partition coefficient (Wildman–Crippen LogP) is 12.6. The van der Waals surface area contributed by atoms with Gasteiger partial charge >= 0.3 is 0 Å². The van der Waals surface area contributed by atoms with Gasteiger partial charge in [-0.05, 0) is 66.8 Å². The second-order valence-corrected chi connectivity index (χ2v) is 14.3. The number of hydrogen-bond donors (Lipinski definition) is 0. The van der Waals surface area contributed by atoms with Crippen molar-refractivity contribution >= 4 is 0 Å². The molecular formula is C52H33N3. The van der Waals surface area contributed by atoms with Crippen molar-refractivity contribution in [3.8, 4) is 78.7 Å². The van der Waals surface area contributed by atoms with E-state index in [-0.39, 0.29) is 0 Å². The fourth-order valence-electron chi connectivity index (χ4n) is 9.07. The van der Waals surface area contributed by atoms with Crippen molar-refractivity contribution < 1.29 is 0 Å². The van der Waals surface area contributed by atoms with Gasteiger partial charge in [-0.15, -0.1) is 0 Å². The number of rotatable bonds is 4. The molecule has 8 aromatic carbocycles. The molecule has 3 nitrogen and oxygen atoms in total. The van der Waals surface area contributed by atoms with Crippen LogP contribution in [-0.2, 0) is 5.41 Å². The minimum atomic E-state index is -0.584. The molecule has 0 saturated heterocycles. The molecule has 3 heteroatoms. The molecule has 9 aromatic rings. The van der Waals surface area contributed by atoms with Crippen molar-refractivity contribution in [1.82, 2.24) is 15.0 Å². The molecule has 11 rings (SSSR count). The molecular weight excluding hydrogens is 667 g/mol. The van der Waals surface area contributed by atoms with Gasteiger partial charge in [0.15, 0.2) is 17.5 Å². The highest BCUT2D eigenvalue weighted by molar-refractivity contribution is 6.00. The number of hydrogen-bond acceptors (Lipinski definition) is 3. The number of aromatic nitrogens is 3. The maximum absolute atomic E-state index is 5.30. The van der Waals surface area contributed by atoms with Crippen LogP contribution >= 0.6 is 0 Å². The van der Waals surface area contributed by atoms with E-state index in [9.17, 15) is 0 Å². The van der Waals surface area contributed by atoms with E-state index in [4.69, 9.17) is 15.0 Å². The lowest BCUT2D eigenvalue weighted by Gasteiger charge is -2.35. The van der Waals surface area contributed by atoms with Crippen LogP contribution in [0.2, 0.25) is 0 Å². The Morgan fingerprint density at radius 2 is 0.600 bits per heavy atom. The fraction of sp³-hybridized carbons (Fsp3) is 0.0192. The summed E-state index contributed by atoms with van der Waals surface area (Å²) >= 11 is 0. The molecule has 2 aliphatic rings. The van der Waals surface area contributed by atoms with Crippen LogP contribution in [0.4, 0.5) is 0 Å². The summed E-state index contributed by atoms with van der Waals surface area (Å²) in [5.41, 5.74) is 17.0. The van der Waals surface area contributed by atoms with Crippen molar-refractivity contribution in [2.75, 3.05) is 0 Å². The molecule has 55 heavy (non-hydrogen) atoms. The summed E-state index contributed by atoms with van der Waals surface area (Å²) in [4.78, 5) is 15.7. The molecule has 0 aliphatic heterocycles. The van der Waals surface area contributed by atoms with Crippen molar-refractivity contribution in [2.45, 2.75) is 5.41 Å². The first-order valence-electron chi connectivity index (χ1n) is 18.8. The molecule has 0 atom stereocenters. The van der Waals surface area contributed by atoms with Gasteiger partial charge in [0.1, 0.15) is 0 Å². The van der Waals surface area contributed by atoms with Crippen molar-refractivity contribution in [3.63, 3.8) is 0 Å². The van der Waals surface area contributed by atoms with Gasteiger partial charge in [-0.3, -0.25) is 0 Å². The first kappa shape index (κ1) is 31.3. The first-order valence-corrected chi connectivity index (χ1v) is 18.8. The zero-order valence-corrected chi connectivity index (χ0v) is 29.9. The zero-order chi connectivity index (χ0) is 36.3. The molecule has 0 radical (unpaired) electrons.